The average molecular weight is 271 g/mol. The first-order valence-corrected chi connectivity index (χ1v) is 6.01. The van der Waals surface area contributed by atoms with E-state index in [0.717, 1.165) is 11.8 Å². The number of pyridine rings is 1. The van der Waals surface area contributed by atoms with Gasteiger partial charge in [0.15, 0.2) is 0 Å². The Labute approximate surface area is 115 Å². The minimum Gasteiger partial charge on any atom is -0.310 e. The normalized spacial score (nSPS) is 10.1. The third kappa shape index (κ3) is 3.38. The Bertz CT molecular complexity index is 641. The van der Waals surface area contributed by atoms with Crippen molar-refractivity contribution in [3.8, 4) is 0 Å². The number of aryl methyl sites for hydroxylation is 1. The highest BCUT2D eigenvalue weighted by Crippen LogP contribution is 2.18. The molecule has 0 saturated heterocycles. The third-order valence-electron chi connectivity index (χ3n) is 2.75. The van der Waals surface area contributed by atoms with Crippen molar-refractivity contribution in [2.75, 3.05) is 5.32 Å². The highest BCUT2D eigenvalue weighted by atomic mass is 16.6. The van der Waals surface area contributed by atoms with Gasteiger partial charge in [-0.3, -0.25) is 14.9 Å². The number of hydrogen-bond acceptors (Lipinski definition) is 4. The van der Waals surface area contributed by atoms with E-state index in [1.807, 2.05) is 30.3 Å². The third-order valence-corrected chi connectivity index (χ3v) is 2.75. The molecule has 20 heavy (non-hydrogen) atoms. The van der Waals surface area contributed by atoms with Crippen LogP contribution in [0.5, 0.6) is 0 Å². The lowest BCUT2D eigenvalue weighted by molar-refractivity contribution is -0.385. The van der Waals surface area contributed by atoms with E-state index in [2.05, 4.69) is 10.3 Å². The molecule has 0 aliphatic carbocycles. The molecule has 102 valence electrons. The van der Waals surface area contributed by atoms with Crippen LogP contribution in [0, 0.1) is 17.0 Å². The maximum absolute atomic E-state index is 11.8. The van der Waals surface area contributed by atoms with Crippen molar-refractivity contribution >= 4 is 17.4 Å². The van der Waals surface area contributed by atoms with Gasteiger partial charge in [0.2, 0.25) is 5.91 Å². The molecule has 0 radical (unpaired) electrons. The number of benzene rings is 1. The van der Waals surface area contributed by atoms with Crippen molar-refractivity contribution < 1.29 is 9.72 Å². The topological polar surface area (TPSA) is 85.1 Å². The van der Waals surface area contributed by atoms with E-state index in [1.165, 1.54) is 6.07 Å². The Morgan fingerprint density at radius 3 is 2.65 bits per heavy atom. The molecule has 0 bridgehead atoms. The molecule has 1 N–H and O–H groups in total. The van der Waals surface area contributed by atoms with Crippen LogP contribution in [0.25, 0.3) is 0 Å². The SMILES string of the molecule is Cc1cc(NC(=O)Cc2ccccc2)ncc1[N+](=O)[O-]. The molecular weight excluding hydrogens is 258 g/mol. The van der Waals surface area contributed by atoms with Crippen LogP contribution in [0.2, 0.25) is 0 Å². The van der Waals surface area contributed by atoms with Gasteiger partial charge in [-0.05, 0) is 18.6 Å². The van der Waals surface area contributed by atoms with Crippen LogP contribution in [0.1, 0.15) is 11.1 Å². The molecule has 0 unspecified atom stereocenters. The van der Waals surface area contributed by atoms with Gasteiger partial charge in [0, 0.05) is 5.56 Å². The van der Waals surface area contributed by atoms with Crippen molar-refractivity contribution in [1.82, 2.24) is 4.98 Å². The molecule has 1 amide bonds. The Hall–Kier alpha value is -2.76. The van der Waals surface area contributed by atoms with Crippen LogP contribution in [0.3, 0.4) is 0 Å². The van der Waals surface area contributed by atoms with Crippen molar-refractivity contribution in [2.24, 2.45) is 0 Å². The molecule has 1 aromatic heterocycles. The van der Waals surface area contributed by atoms with Crippen LogP contribution in [-0.2, 0) is 11.2 Å². The summed E-state index contributed by atoms with van der Waals surface area (Å²) in [6.45, 7) is 1.60. The maximum atomic E-state index is 11.8. The van der Waals surface area contributed by atoms with Gasteiger partial charge in [0.05, 0.1) is 11.3 Å². The summed E-state index contributed by atoms with van der Waals surface area (Å²) in [7, 11) is 0. The summed E-state index contributed by atoms with van der Waals surface area (Å²) in [6, 6.07) is 10.8. The summed E-state index contributed by atoms with van der Waals surface area (Å²) in [5.74, 6) is 0.103. The van der Waals surface area contributed by atoms with Gasteiger partial charge in [-0.2, -0.15) is 0 Å². The Morgan fingerprint density at radius 1 is 1.35 bits per heavy atom. The average Bonchev–Trinajstić information content (AvgIpc) is 2.39. The van der Waals surface area contributed by atoms with E-state index in [1.54, 1.807) is 6.92 Å². The Balaban J connectivity index is 2.05. The molecule has 0 saturated carbocycles. The largest absolute Gasteiger partial charge is 0.310 e. The molecular formula is C14H13N3O3. The first kappa shape index (κ1) is 13.7. The monoisotopic (exact) mass is 271 g/mol. The predicted molar refractivity (Wildman–Crippen MR) is 74.4 cm³/mol. The quantitative estimate of drug-likeness (QED) is 0.683. The summed E-state index contributed by atoms with van der Waals surface area (Å²) < 4.78 is 0. The van der Waals surface area contributed by atoms with E-state index in [0.29, 0.717) is 11.4 Å². The van der Waals surface area contributed by atoms with Gasteiger partial charge >= 0.3 is 0 Å². The summed E-state index contributed by atoms with van der Waals surface area (Å²) >= 11 is 0. The number of anilines is 1. The molecule has 2 aromatic rings. The number of nitrogens with one attached hydrogen (secondary N) is 1. The van der Waals surface area contributed by atoms with Gasteiger partial charge in [0.1, 0.15) is 12.0 Å². The molecule has 0 aliphatic heterocycles. The van der Waals surface area contributed by atoms with E-state index in [-0.39, 0.29) is 18.0 Å². The van der Waals surface area contributed by atoms with Crippen molar-refractivity contribution in [3.63, 3.8) is 0 Å². The number of amides is 1. The number of carbonyl (C=O) groups is 1. The van der Waals surface area contributed by atoms with Gasteiger partial charge in [-0.25, -0.2) is 4.98 Å². The van der Waals surface area contributed by atoms with Gasteiger partial charge in [0.25, 0.3) is 5.69 Å². The highest BCUT2D eigenvalue weighted by molar-refractivity contribution is 5.91. The molecule has 0 atom stereocenters. The fraction of sp³-hybridized carbons (Fsp3) is 0.143. The summed E-state index contributed by atoms with van der Waals surface area (Å²) in [6.07, 6.45) is 1.38. The smallest absolute Gasteiger partial charge is 0.290 e. The van der Waals surface area contributed by atoms with E-state index in [9.17, 15) is 14.9 Å². The summed E-state index contributed by atoms with van der Waals surface area (Å²) in [5, 5.41) is 13.3. The van der Waals surface area contributed by atoms with E-state index in [4.69, 9.17) is 0 Å². The molecule has 1 aromatic carbocycles. The molecule has 0 fully saturated rings. The number of aromatic nitrogens is 1. The van der Waals surface area contributed by atoms with Gasteiger partial charge < -0.3 is 5.32 Å². The second-order valence-electron chi connectivity index (χ2n) is 4.32. The zero-order chi connectivity index (χ0) is 14.5. The lowest BCUT2D eigenvalue weighted by atomic mass is 10.1. The molecule has 6 heteroatoms. The van der Waals surface area contributed by atoms with Crippen molar-refractivity contribution in [3.05, 3.63) is 63.8 Å². The van der Waals surface area contributed by atoms with Gasteiger partial charge in [-0.1, -0.05) is 30.3 Å². The Kier molecular flexibility index (Phi) is 4.05. The summed E-state index contributed by atoms with van der Waals surface area (Å²) in [4.78, 5) is 25.9. The second-order valence-corrected chi connectivity index (χ2v) is 4.32. The predicted octanol–water partition coefficient (Wildman–Crippen LogP) is 2.48. The number of rotatable bonds is 4. The fourth-order valence-electron chi connectivity index (χ4n) is 1.78. The molecule has 2 rings (SSSR count). The minimum atomic E-state index is -0.502. The number of nitro groups is 1. The first-order chi connectivity index (χ1) is 9.56. The Morgan fingerprint density at radius 2 is 2.05 bits per heavy atom. The molecule has 0 aliphatic rings. The second kappa shape index (κ2) is 5.92. The lowest BCUT2D eigenvalue weighted by Gasteiger charge is -2.05. The number of nitrogens with zero attached hydrogens (tertiary/aromatic N) is 2. The maximum Gasteiger partial charge on any atom is 0.290 e. The van der Waals surface area contributed by atoms with Crippen LogP contribution >= 0.6 is 0 Å². The van der Waals surface area contributed by atoms with Crippen LogP contribution < -0.4 is 5.32 Å². The standard InChI is InChI=1S/C14H13N3O3/c1-10-7-13(15-9-12(10)17(19)20)16-14(18)8-11-5-3-2-4-6-11/h2-7,9H,8H2,1H3,(H,15,16,18). The summed E-state index contributed by atoms with van der Waals surface area (Å²) in [5.41, 5.74) is 1.29. The minimum absolute atomic E-state index is 0.0638. The van der Waals surface area contributed by atoms with E-state index >= 15 is 0 Å². The van der Waals surface area contributed by atoms with Crippen molar-refractivity contribution in [1.29, 1.82) is 0 Å². The number of carbonyl (C=O) groups excluding carboxylic acids is 1. The molecule has 0 spiro atoms. The van der Waals surface area contributed by atoms with Crippen LogP contribution in [-0.4, -0.2) is 15.8 Å². The zero-order valence-electron chi connectivity index (χ0n) is 10.9. The fourth-order valence-corrected chi connectivity index (χ4v) is 1.78. The lowest BCUT2D eigenvalue weighted by Crippen LogP contribution is -2.15. The zero-order valence-corrected chi connectivity index (χ0v) is 10.9. The van der Waals surface area contributed by atoms with Crippen molar-refractivity contribution in [2.45, 2.75) is 13.3 Å². The van der Waals surface area contributed by atoms with Crippen LogP contribution in [0.4, 0.5) is 11.5 Å². The number of hydrogen-bond donors (Lipinski definition) is 1. The van der Waals surface area contributed by atoms with Gasteiger partial charge in [-0.15, -0.1) is 0 Å². The first-order valence-electron chi connectivity index (χ1n) is 6.01. The molecule has 1 heterocycles. The molecule has 6 nitrogen and oxygen atoms in total. The van der Waals surface area contributed by atoms with E-state index < -0.39 is 4.92 Å². The highest BCUT2D eigenvalue weighted by Gasteiger charge is 2.12. The van der Waals surface area contributed by atoms with Crippen LogP contribution in [0.15, 0.2) is 42.6 Å².